The van der Waals surface area contributed by atoms with E-state index in [1.54, 1.807) is 0 Å². The molecule has 4 unspecified atom stereocenters. The van der Waals surface area contributed by atoms with Gasteiger partial charge in [0, 0.05) is 12.5 Å². The number of hydrogen-bond acceptors (Lipinski definition) is 3. The van der Waals surface area contributed by atoms with Gasteiger partial charge in [-0.25, -0.2) is 8.42 Å². The maximum absolute atomic E-state index is 12.3. The molecule has 1 saturated heterocycles. The molecule has 0 aromatic heterocycles. The largest absolute Gasteiger partial charge is 0.356 e. The summed E-state index contributed by atoms with van der Waals surface area (Å²) in [6.07, 6.45) is 7.74. The monoisotopic (exact) mass is 311 g/mol. The second kappa shape index (κ2) is 4.71. The molecule has 0 aromatic carbocycles. The van der Waals surface area contributed by atoms with Crippen molar-refractivity contribution < 1.29 is 13.2 Å². The van der Waals surface area contributed by atoms with Crippen LogP contribution >= 0.6 is 0 Å². The minimum absolute atomic E-state index is 0.0318. The molecule has 1 amide bonds. The van der Waals surface area contributed by atoms with Crippen molar-refractivity contribution in [1.82, 2.24) is 5.32 Å². The standard InChI is InChI=1S/C16H25NO3S/c18-15(17-10-13-8-11-1-2-12(13)7-11)14-9-16(14)3-5-21(19,20)6-4-16/h11-14H,1-10H2,(H,17,18). The molecule has 3 aliphatic carbocycles. The van der Waals surface area contributed by atoms with Crippen molar-refractivity contribution in [3.8, 4) is 0 Å². The average molecular weight is 311 g/mol. The van der Waals surface area contributed by atoms with E-state index in [1.807, 2.05) is 0 Å². The van der Waals surface area contributed by atoms with Crippen molar-refractivity contribution in [3.05, 3.63) is 0 Å². The van der Waals surface area contributed by atoms with Gasteiger partial charge >= 0.3 is 0 Å². The normalized spacial score (nSPS) is 42.1. The van der Waals surface area contributed by atoms with E-state index in [1.165, 1.54) is 25.7 Å². The van der Waals surface area contributed by atoms with E-state index in [4.69, 9.17) is 0 Å². The summed E-state index contributed by atoms with van der Waals surface area (Å²) in [4.78, 5) is 12.3. The van der Waals surface area contributed by atoms with Gasteiger partial charge in [-0.05, 0) is 61.7 Å². The molecule has 0 aromatic rings. The maximum Gasteiger partial charge on any atom is 0.223 e. The topological polar surface area (TPSA) is 63.2 Å². The second-order valence-electron chi connectivity index (χ2n) is 7.95. The van der Waals surface area contributed by atoms with Crippen molar-refractivity contribution in [2.45, 2.75) is 44.9 Å². The molecular weight excluding hydrogens is 286 g/mol. The molecule has 4 atom stereocenters. The molecule has 1 aliphatic heterocycles. The minimum atomic E-state index is -2.83. The Bertz CT molecular complexity index is 542. The van der Waals surface area contributed by atoms with Crippen LogP contribution in [0.3, 0.4) is 0 Å². The Hall–Kier alpha value is -0.580. The van der Waals surface area contributed by atoms with Crippen LogP contribution in [0.1, 0.15) is 44.9 Å². The number of amides is 1. The third-order valence-corrected chi connectivity index (χ3v) is 8.40. The van der Waals surface area contributed by atoms with Crippen LogP contribution in [0.2, 0.25) is 0 Å². The van der Waals surface area contributed by atoms with E-state index in [0.717, 1.165) is 24.8 Å². The molecule has 4 aliphatic rings. The predicted octanol–water partition coefficient (Wildman–Crippen LogP) is 1.75. The number of hydrogen-bond donors (Lipinski definition) is 1. The minimum Gasteiger partial charge on any atom is -0.356 e. The molecular formula is C16H25NO3S. The first-order valence-electron chi connectivity index (χ1n) is 8.46. The van der Waals surface area contributed by atoms with Gasteiger partial charge in [-0.2, -0.15) is 0 Å². The fraction of sp³-hybridized carbons (Fsp3) is 0.938. The smallest absolute Gasteiger partial charge is 0.223 e. The SMILES string of the molecule is O=C(NCC1CC2CCC1C2)C1CC12CCS(=O)(=O)CC2. The summed E-state index contributed by atoms with van der Waals surface area (Å²) in [5.74, 6) is 3.32. The van der Waals surface area contributed by atoms with Gasteiger partial charge < -0.3 is 5.32 Å². The van der Waals surface area contributed by atoms with E-state index in [0.29, 0.717) is 18.8 Å². The molecule has 4 fully saturated rings. The van der Waals surface area contributed by atoms with Crippen molar-refractivity contribution >= 4 is 15.7 Å². The molecule has 1 spiro atoms. The third kappa shape index (κ3) is 2.51. The molecule has 3 saturated carbocycles. The molecule has 1 heterocycles. The Morgan fingerprint density at radius 1 is 1.14 bits per heavy atom. The van der Waals surface area contributed by atoms with Gasteiger partial charge in [-0.3, -0.25) is 4.79 Å². The highest BCUT2D eigenvalue weighted by atomic mass is 32.2. The summed E-state index contributed by atoms with van der Waals surface area (Å²) in [7, 11) is -2.83. The summed E-state index contributed by atoms with van der Waals surface area (Å²) in [6.45, 7) is 0.852. The van der Waals surface area contributed by atoms with E-state index in [9.17, 15) is 13.2 Å². The quantitative estimate of drug-likeness (QED) is 0.864. The Morgan fingerprint density at radius 2 is 1.90 bits per heavy atom. The first-order valence-corrected chi connectivity index (χ1v) is 10.3. The zero-order valence-corrected chi connectivity index (χ0v) is 13.3. The van der Waals surface area contributed by atoms with Gasteiger partial charge in [0.05, 0.1) is 11.5 Å². The molecule has 5 heteroatoms. The van der Waals surface area contributed by atoms with E-state index in [-0.39, 0.29) is 28.7 Å². The van der Waals surface area contributed by atoms with Gasteiger partial charge in [0.25, 0.3) is 0 Å². The lowest BCUT2D eigenvalue weighted by molar-refractivity contribution is -0.123. The molecule has 1 N–H and O–H groups in total. The Labute approximate surface area is 127 Å². The Balaban J connectivity index is 1.27. The fourth-order valence-corrected chi connectivity index (χ4v) is 6.84. The van der Waals surface area contributed by atoms with E-state index in [2.05, 4.69) is 5.32 Å². The highest BCUT2D eigenvalue weighted by Crippen LogP contribution is 2.59. The van der Waals surface area contributed by atoms with E-state index >= 15 is 0 Å². The zero-order valence-electron chi connectivity index (χ0n) is 12.5. The lowest BCUT2D eigenvalue weighted by Crippen LogP contribution is -2.35. The van der Waals surface area contributed by atoms with Crippen molar-refractivity contribution in [2.24, 2.45) is 29.1 Å². The first kappa shape index (κ1) is 14.0. The highest BCUT2D eigenvalue weighted by molar-refractivity contribution is 7.91. The Morgan fingerprint density at radius 3 is 2.52 bits per heavy atom. The third-order valence-electron chi connectivity index (χ3n) is 6.75. The molecule has 2 bridgehead atoms. The second-order valence-corrected chi connectivity index (χ2v) is 10.3. The van der Waals surface area contributed by atoms with Crippen molar-refractivity contribution in [3.63, 3.8) is 0 Å². The molecule has 21 heavy (non-hydrogen) atoms. The number of nitrogens with one attached hydrogen (secondary N) is 1. The Kier molecular flexibility index (Phi) is 3.15. The van der Waals surface area contributed by atoms with Gasteiger partial charge in [0.1, 0.15) is 9.84 Å². The van der Waals surface area contributed by atoms with Gasteiger partial charge in [0.15, 0.2) is 0 Å². The predicted molar refractivity (Wildman–Crippen MR) is 80.4 cm³/mol. The summed E-state index contributed by atoms with van der Waals surface area (Å²) >= 11 is 0. The first-order chi connectivity index (χ1) is 9.97. The number of fused-ring (bicyclic) bond motifs is 2. The van der Waals surface area contributed by atoms with Crippen molar-refractivity contribution in [1.29, 1.82) is 0 Å². The highest BCUT2D eigenvalue weighted by Gasteiger charge is 2.59. The number of carbonyl (C=O) groups is 1. The maximum atomic E-state index is 12.3. The summed E-state index contributed by atoms with van der Waals surface area (Å²) in [6, 6.07) is 0. The van der Waals surface area contributed by atoms with E-state index < -0.39 is 9.84 Å². The average Bonchev–Trinajstić information content (AvgIpc) is 2.80. The molecule has 118 valence electrons. The number of carbonyl (C=O) groups excluding carboxylic acids is 1. The van der Waals surface area contributed by atoms with Crippen LogP contribution in [-0.4, -0.2) is 32.4 Å². The lowest BCUT2D eigenvalue weighted by atomic mass is 9.88. The van der Waals surface area contributed by atoms with Gasteiger partial charge in [0.2, 0.25) is 5.91 Å². The zero-order chi connectivity index (χ0) is 14.7. The molecule has 0 radical (unpaired) electrons. The molecule has 4 nitrogen and oxygen atoms in total. The van der Waals surface area contributed by atoms with Crippen LogP contribution in [0.25, 0.3) is 0 Å². The van der Waals surface area contributed by atoms with Crippen LogP contribution < -0.4 is 5.32 Å². The fourth-order valence-electron chi connectivity index (χ4n) is 5.20. The lowest BCUT2D eigenvalue weighted by Gasteiger charge is -2.24. The number of rotatable bonds is 3. The summed E-state index contributed by atoms with van der Waals surface area (Å²) < 4.78 is 23.0. The van der Waals surface area contributed by atoms with Gasteiger partial charge in [-0.1, -0.05) is 6.42 Å². The van der Waals surface area contributed by atoms with Crippen LogP contribution in [0.5, 0.6) is 0 Å². The van der Waals surface area contributed by atoms with Crippen LogP contribution in [0.15, 0.2) is 0 Å². The number of sulfone groups is 1. The summed E-state index contributed by atoms with van der Waals surface area (Å²) in [5.41, 5.74) is 0.0318. The van der Waals surface area contributed by atoms with Crippen LogP contribution in [0, 0.1) is 29.1 Å². The van der Waals surface area contributed by atoms with Crippen molar-refractivity contribution in [2.75, 3.05) is 18.1 Å². The summed E-state index contributed by atoms with van der Waals surface area (Å²) in [5, 5.41) is 3.18. The van der Waals surface area contributed by atoms with Gasteiger partial charge in [-0.15, -0.1) is 0 Å². The van der Waals surface area contributed by atoms with Crippen LogP contribution in [-0.2, 0) is 14.6 Å². The van der Waals surface area contributed by atoms with Crippen LogP contribution in [0.4, 0.5) is 0 Å². The molecule has 4 rings (SSSR count).